The van der Waals surface area contributed by atoms with Crippen LogP contribution in [0.3, 0.4) is 0 Å². The average molecular weight is 232 g/mol. The van der Waals surface area contributed by atoms with E-state index in [0.29, 0.717) is 5.92 Å². The van der Waals surface area contributed by atoms with Gasteiger partial charge in [0.05, 0.1) is 12.2 Å². The lowest BCUT2D eigenvalue weighted by molar-refractivity contribution is -0.0485. The lowest BCUT2D eigenvalue weighted by Gasteiger charge is -2.39. The summed E-state index contributed by atoms with van der Waals surface area (Å²) in [6, 6.07) is 6.22. The minimum Gasteiger partial charge on any atom is -0.493 e. The van der Waals surface area contributed by atoms with Crippen LogP contribution in [0.2, 0.25) is 0 Å². The van der Waals surface area contributed by atoms with Crippen LogP contribution < -0.4 is 4.74 Å². The molecule has 1 aliphatic heterocycles. The number of para-hydroxylation sites is 1. The highest BCUT2D eigenvalue weighted by atomic mass is 16.5. The Labute approximate surface area is 103 Å². The molecule has 3 rings (SSSR count). The molecule has 1 saturated carbocycles. The van der Waals surface area contributed by atoms with E-state index in [1.54, 1.807) is 0 Å². The quantitative estimate of drug-likeness (QED) is 0.806. The molecule has 92 valence electrons. The third-order valence-electron chi connectivity index (χ3n) is 4.44. The Morgan fingerprint density at radius 3 is 3.06 bits per heavy atom. The highest BCUT2D eigenvalue weighted by molar-refractivity contribution is 5.47. The Morgan fingerprint density at radius 2 is 2.24 bits per heavy atom. The molecule has 2 nitrogen and oxygen atoms in total. The van der Waals surface area contributed by atoms with Crippen molar-refractivity contribution in [2.24, 2.45) is 5.92 Å². The fraction of sp³-hybridized carbons (Fsp3) is 0.600. The number of aliphatic hydroxyl groups is 1. The first kappa shape index (κ1) is 11.1. The standard InChI is InChI=1S/C15H20O2/c1-11-5-2-3-9-15(11,16)13-7-4-6-12-8-10-17-14(12)13/h4,6-7,11,16H,2-3,5,8-10H2,1H3. The van der Waals surface area contributed by atoms with E-state index in [-0.39, 0.29) is 0 Å². The zero-order valence-corrected chi connectivity index (χ0v) is 10.4. The van der Waals surface area contributed by atoms with Gasteiger partial charge < -0.3 is 9.84 Å². The van der Waals surface area contributed by atoms with Crippen molar-refractivity contribution in [2.75, 3.05) is 6.61 Å². The molecule has 1 heterocycles. The van der Waals surface area contributed by atoms with Crippen molar-refractivity contribution in [3.8, 4) is 5.75 Å². The maximum absolute atomic E-state index is 11.0. The molecule has 0 bridgehead atoms. The molecule has 0 amide bonds. The second kappa shape index (κ2) is 4.02. The Kier molecular flexibility index (Phi) is 2.62. The highest BCUT2D eigenvalue weighted by Crippen LogP contribution is 2.46. The fourth-order valence-electron chi connectivity index (χ4n) is 3.29. The number of hydrogen-bond acceptors (Lipinski definition) is 2. The summed E-state index contributed by atoms with van der Waals surface area (Å²) in [5.74, 6) is 1.29. The van der Waals surface area contributed by atoms with Gasteiger partial charge in [0.1, 0.15) is 5.75 Å². The Bertz CT molecular complexity index is 427. The summed E-state index contributed by atoms with van der Waals surface area (Å²) in [6.45, 7) is 2.92. The van der Waals surface area contributed by atoms with Crippen LogP contribution in [0.4, 0.5) is 0 Å². The molecule has 1 aromatic rings. The number of rotatable bonds is 1. The Balaban J connectivity index is 2.06. The van der Waals surface area contributed by atoms with Crippen LogP contribution in [0.25, 0.3) is 0 Å². The molecule has 17 heavy (non-hydrogen) atoms. The van der Waals surface area contributed by atoms with Crippen LogP contribution in [0, 0.1) is 5.92 Å². The maximum Gasteiger partial charge on any atom is 0.128 e. The second-order valence-electron chi connectivity index (χ2n) is 5.46. The zero-order chi connectivity index (χ0) is 11.9. The molecule has 0 spiro atoms. The third-order valence-corrected chi connectivity index (χ3v) is 4.44. The van der Waals surface area contributed by atoms with Gasteiger partial charge in [0, 0.05) is 12.0 Å². The van der Waals surface area contributed by atoms with Crippen molar-refractivity contribution in [1.29, 1.82) is 0 Å². The Hall–Kier alpha value is -1.02. The van der Waals surface area contributed by atoms with Crippen molar-refractivity contribution < 1.29 is 9.84 Å². The summed E-state index contributed by atoms with van der Waals surface area (Å²) in [7, 11) is 0. The Morgan fingerprint density at radius 1 is 1.35 bits per heavy atom. The van der Waals surface area contributed by atoms with Gasteiger partial charge in [-0.2, -0.15) is 0 Å². The SMILES string of the molecule is CC1CCCCC1(O)c1cccc2c1OCC2. The largest absolute Gasteiger partial charge is 0.493 e. The van der Waals surface area contributed by atoms with Crippen LogP contribution in [-0.4, -0.2) is 11.7 Å². The molecular weight excluding hydrogens is 212 g/mol. The fourth-order valence-corrected chi connectivity index (χ4v) is 3.29. The van der Waals surface area contributed by atoms with Crippen LogP contribution in [-0.2, 0) is 12.0 Å². The predicted octanol–water partition coefficient (Wildman–Crippen LogP) is 3.02. The topological polar surface area (TPSA) is 29.5 Å². The molecule has 2 atom stereocenters. The summed E-state index contributed by atoms with van der Waals surface area (Å²) in [5.41, 5.74) is 1.61. The monoisotopic (exact) mass is 232 g/mol. The van der Waals surface area contributed by atoms with E-state index < -0.39 is 5.60 Å². The number of benzene rings is 1. The summed E-state index contributed by atoms with van der Waals surface area (Å²) in [6.07, 6.45) is 5.31. The molecule has 2 unspecified atom stereocenters. The van der Waals surface area contributed by atoms with Crippen molar-refractivity contribution in [3.05, 3.63) is 29.3 Å². The van der Waals surface area contributed by atoms with Gasteiger partial charge in [-0.1, -0.05) is 38.0 Å². The number of hydrogen-bond donors (Lipinski definition) is 1. The van der Waals surface area contributed by atoms with Gasteiger partial charge in [0.15, 0.2) is 0 Å². The van der Waals surface area contributed by atoms with Gasteiger partial charge in [-0.3, -0.25) is 0 Å². The molecule has 2 heteroatoms. The van der Waals surface area contributed by atoms with Gasteiger partial charge >= 0.3 is 0 Å². The lowest BCUT2D eigenvalue weighted by Crippen LogP contribution is -2.36. The molecule has 0 aromatic heterocycles. The first-order valence-corrected chi connectivity index (χ1v) is 6.69. The van der Waals surface area contributed by atoms with E-state index in [0.717, 1.165) is 43.6 Å². The zero-order valence-electron chi connectivity index (χ0n) is 10.4. The summed E-state index contributed by atoms with van der Waals surface area (Å²) < 4.78 is 5.74. The van der Waals surface area contributed by atoms with E-state index in [2.05, 4.69) is 19.1 Å². The average Bonchev–Trinajstić information content (AvgIpc) is 2.81. The minimum absolute atomic E-state index is 0.326. The molecule has 2 aliphatic rings. The third kappa shape index (κ3) is 1.66. The normalized spacial score (nSPS) is 32.0. The van der Waals surface area contributed by atoms with E-state index in [1.807, 2.05) is 6.07 Å². The molecule has 1 N–H and O–H groups in total. The molecule has 0 radical (unpaired) electrons. The number of ether oxygens (including phenoxy) is 1. The van der Waals surface area contributed by atoms with E-state index in [1.165, 1.54) is 12.0 Å². The van der Waals surface area contributed by atoms with E-state index in [4.69, 9.17) is 4.74 Å². The van der Waals surface area contributed by atoms with Crippen molar-refractivity contribution in [1.82, 2.24) is 0 Å². The van der Waals surface area contributed by atoms with Crippen molar-refractivity contribution >= 4 is 0 Å². The van der Waals surface area contributed by atoms with E-state index in [9.17, 15) is 5.11 Å². The molecular formula is C15H20O2. The molecule has 1 aliphatic carbocycles. The summed E-state index contributed by atoms with van der Waals surface area (Å²) in [5, 5.41) is 11.0. The van der Waals surface area contributed by atoms with Crippen LogP contribution in [0.5, 0.6) is 5.75 Å². The minimum atomic E-state index is -0.673. The molecule has 0 saturated heterocycles. The smallest absolute Gasteiger partial charge is 0.128 e. The number of fused-ring (bicyclic) bond motifs is 1. The second-order valence-corrected chi connectivity index (χ2v) is 5.46. The van der Waals surface area contributed by atoms with Gasteiger partial charge in [-0.05, 0) is 24.3 Å². The van der Waals surface area contributed by atoms with Gasteiger partial charge in [0.25, 0.3) is 0 Å². The first-order chi connectivity index (χ1) is 8.22. The first-order valence-electron chi connectivity index (χ1n) is 6.69. The van der Waals surface area contributed by atoms with Crippen LogP contribution in [0.15, 0.2) is 18.2 Å². The summed E-state index contributed by atoms with van der Waals surface area (Å²) in [4.78, 5) is 0. The van der Waals surface area contributed by atoms with Gasteiger partial charge in [-0.15, -0.1) is 0 Å². The highest BCUT2D eigenvalue weighted by Gasteiger charge is 2.40. The van der Waals surface area contributed by atoms with Crippen LogP contribution >= 0.6 is 0 Å². The van der Waals surface area contributed by atoms with E-state index >= 15 is 0 Å². The van der Waals surface area contributed by atoms with Crippen molar-refractivity contribution in [2.45, 2.75) is 44.6 Å². The maximum atomic E-state index is 11.0. The van der Waals surface area contributed by atoms with Gasteiger partial charge in [0.2, 0.25) is 0 Å². The van der Waals surface area contributed by atoms with Gasteiger partial charge in [-0.25, -0.2) is 0 Å². The molecule has 1 aromatic carbocycles. The lowest BCUT2D eigenvalue weighted by atomic mass is 9.72. The molecule has 1 fully saturated rings. The van der Waals surface area contributed by atoms with Crippen molar-refractivity contribution in [3.63, 3.8) is 0 Å². The van der Waals surface area contributed by atoms with Crippen LogP contribution in [0.1, 0.15) is 43.7 Å². The summed E-state index contributed by atoms with van der Waals surface area (Å²) >= 11 is 0. The predicted molar refractivity (Wildman–Crippen MR) is 67.2 cm³/mol.